The Balaban J connectivity index is 1.93. The molecule has 1 aliphatic rings. The second kappa shape index (κ2) is 4.99. The van der Waals surface area contributed by atoms with Gasteiger partial charge in [-0.25, -0.2) is 0 Å². The first-order chi connectivity index (χ1) is 10.7. The Hall–Kier alpha value is -2.61. The van der Waals surface area contributed by atoms with Gasteiger partial charge in [0.05, 0.1) is 5.39 Å². The lowest BCUT2D eigenvalue weighted by Crippen LogP contribution is -2.08. The van der Waals surface area contributed by atoms with E-state index in [2.05, 4.69) is 18.2 Å². The van der Waals surface area contributed by atoms with Crippen LogP contribution in [0.5, 0.6) is 0 Å². The van der Waals surface area contributed by atoms with E-state index in [0.29, 0.717) is 11.0 Å². The van der Waals surface area contributed by atoms with Crippen LogP contribution in [0.25, 0.3) is 22.6 Å². The fourth-order valence-corrected chi connectivity index (χ4v) is 3.09. The van der Waals surface area contributed by atoms with Gasteiger partial charge in [-0.2, -0.15) is 0 Å². The molecule has 0 aliphatic heterocycles. The van der Waals surface area contributed by atoms with Crippen LogP contribution in [-0.4, -0.2) is 0 Å². The molecule has 22 heavy (non-hydrogen) atoms. The molecule has 0 N–H and O–H groups in total. The van der Waals surface area contributed by atoms with Crippen LogP contribution in [0.2, 0.25) is 0 Å². The summed E-state index contributed by atoms with van der Waals surface area (Å²) in [4.78, 5) is 12.6. The van der Waals surface area contributed by atoms with Crippen LogP contribution in [0.1, 0.15) is 28.9 Å². The first-order valence-electron chi connectivity index (χ1n) is 7.55. The van der Waals surface area contributed by atoms with Crippen molar-refractivity contribution < 1.29 is 4.42 Å². The number of fused-ring (bicyclic) bond motifs is 2. The molecule has 0 unspecified atom stereocenters. The standard InChI is InChI=1S/C20H16O2/c1-13-7-9-16-18(11-13)22-20-15(8-10-17(20)19(16)21)12-14-5-3-2-4-6-14/h2-7,9,11-12H,8,10H2,1H3. The predicted molar refractivity (Wildman–Crippen MR) is 89.9 cm³/mol. The smallest absolute Gasteiger partial charge is 0.196 e. The summed E-state index contributed by atoms with van der Waals surface area (Å²) in [7, 11) is 0. The first-order valence-corrected chi connectivity index (χ1v) is 7.55. The van der Waals surface area contributed by atoms with E-state index in [4.69, 9.17) is 4.42 Å². The third-order valence-corrected chi connectivity index (χ3v) is 4.22. The Morgan fingerprint density at radius 1 is 1.05 bits per heavy atom. The molecule has 1 aliphatic carbocycles. The first kappa shape index (κ1) is 13.1. The molecular weight excluding hydrogens is 272 g/mol. The normalized spacial score (nSPS) is 15.4. The van der Waals surface area contributed by atoms with Crippen molar-refractivity contribution in [3.8, 4) is 0 Å². The molecule has 0 fully saturated rings. The number of hydrogen-bond donors (Lipinski definition) is 0. The van der Waals surface area contributed by atoms with Crippen molar-refractivity contribution in [3.05, 3.63) is 81.2 Å². The lowest BCUT2D eigenvalue weighted by atomic mass is 10.1. The minimum Gasteiger partial charge on any atom is -0.456 e. The molecule has 3 aromatic rings. The second-order valence-corrected chi connectivity index (χ2v) is 5.82. The summed E-state index contributed by atoms with van der Waals surface area (Å²) < 4.78 is 6.08. The maximum atomic E-state index is 12.6. The van der Waals surface area contributed by atoms with E-state index >= 15 is 0 Å². The van der Waals surface area contributed by atoms with Gasteiger partial charge in [-0.1, -0.05) is 36.4 Å². The van der Waals surface area contributed by atoms with E-state index in [9.17, 15) is 4.79 Å². The van der Waals surface area contributed by atoms with Crippen LogP contribution in [-0.2, 0) is 6.42 Å². The molecule has 0 bridgehead atoms. The van der Waals surface area contributed by atoms with Crippen LogP contribution in [0.15, 0.2) is 57.7 Å². The highest BCUT2D eigenvalue weighted by molar-refractivity contribution is 5.87. The molecular formula is C20H16O2. The van der Waals surface area contributed by atoms with E-state index in [1.165, 1.54) is 0 Å². The topological polar surface area (TPSA) is 30.2 Å². The third kappa shape index (κ3) is 2.08. The Kier molecular flexibility index (Phi) is 2.97. The molecule has 0 radical (unpaired) electrons. The average molecular weight is 288 g/mol. The monoisotopic (exact) mass is 288 g/mol. The van der Waals surface area contributed by atoms with Crippen LogP contribution in [0.4, 0.5) is 0 Å². The summed E-state index contributed by atoms with van der Waals surface area (Å²) >= 11 is 0. The van der Waals surface area contributed by atoms with Crippen LogP contribution in [0.3, 0.4) is 0 Å². The SMILES string of the molecule is Cc1ccc2c(=O)c3c(oc2c1)C(=Cc1ccccc1)CC3. The third-order valence-electron chi connectivity index (χ3n) is 4.22. The van der Waals surface area contributed by atoms with Gasteiger partial charge in [-0.3, -0.25) is 4.79 Å². The zero-order valence-corrected chi connectivity index (χ0v) is 12.4. The summed E-state index contributed by atoms with van der Waals surface area (Å²) in [5, 5.41) is 0.685. The lowest BCUT2D eigenvalue weighted by Gasteiger charge is -2.04. The molecule has 0 atom stereocenters. The van der Waals surface area contributed by atoms with Crippen molar-refractivity contribution in [2.24, 2.45) is 0 Å². The minimum atomic E-state index is 0.118. The molecule has 2 nitrogen and oxygen atoms in total. The van der Waals surface area contributed by atoms with Crippen LogP contribution >= 0.6 is 0 Å². The average Bonchev–Trinajstić information content (AvgIpc) is 2.91. The molecule has 0 amide bonds. The number of benzene rings is 2. The van der Waals surface area contributed by atoms with Crippen LogP contribution in [0, 0.1) is 6.92 Å². The molecule has 1 heterocycles. The van der Waals surface area contributed by atoms with Crippen molar-refractivity contribution in [2.75, 3.05) is 0 Å². The Morgan fingerprint density at radius 3 is 2.68 bits per heavy atom. The quantitative estimate of drug-likeness (QED) is 0.655. The van der Waals surface area contributed by atoms with Gasteiger partial charge in [-0.05, 0) is 54.7 Å². The van der Waals surface area contributed by atoms with Gasteiger partial charge in [0.1, 0.15) is 11.3 Å². The number of hydrogen-bond acceptors (Lipinski definition) is 2. The van der Waals surface area contributed by atoms with Crippen molar-refractivity contribution in [3.63, 3.8) is 0 Å². The van der Waals surface area contributed by atoms with E-state index in [-0.39, 0.29) is 5.43 Å². The van der Waals surface area contributed by atoms with Gasteiger partial charge in [0.2, 0.25) is 0 Å². The van der Waals surface area contributed by atoms with E-state index in [0.717, 1.165) is 40.9 Å². The summed E-state index contributed by atoms with van der Waals surface area (Å²) in [6.07, 6.45) is 3.74. The molecule has 0 saturated carbocycles. The van der Waals surface area contributed by atoms with E-state index < -0.39 is 0 Å². The zero-order chi connectivity index (χ0) is 15.1. The molecule has 2 heteroatoms. The molecule has 108 valence electrons. The summed E-state index contributed by atoms with van der Waals surface area (Å²) in [6, 6.07) is 15.9. The van der Waals surface area contributed by atoms with Gasteiger partial charge >= 0.3 is 0 Å². The summed E-state index contributed by atoms with van der Waals surface area (Å²) in [5.41, 5.74) is 4.97. The van der Waals surface area contributed by atoms with Gasteiger partial charge in [0.15, 0.2) is 5.43 Å². The van der Waals surface area contributed by atoms with E-state index in [1.807, 2.05) is 43.3 Å². The molecule has 2 aromatic carbocycles. The molecule has 0 spiro atoms. The fraction of sp³-hybridized carbons (Fsp3) is 0.150. The number of allylic oxidation sites excluding steroid dienone is 1. The van der Waals surface area contributed by atoms with Crippen molar-refractivity contribution in [1.29, 1.82) is 0 Å². The van der Waals surface area contributed by atoms with Gasteiger partial charge < -0.3 is 4.42 Å². The Morgan fingerprint density at radius 2 is 1.86 bits per heavy atom. The number of rotatable bonds is 1. The highest BCUT2D eigenvalue weighted by Crippen LogP contribution is 2.34. The maximum Gasteiger partial charge on any atom is 0.196 e. The Bertz CT molecular complexity index is 947. The molecule has 1 aromatic heterocycles. The largest absolute Gasteiger partial charge is 0.456 e. The van der Waals surface area contributed by atoms with Gasteiger partial charge in [0.25, 0.3) is 0 Å². The molecule has 0 saturated heterocycles. The molecule has 4 rings (SSSR count). The lowest BCUT2D eigenvalue weighted by molar-refractivity contribution is 0.585. The minimum absolute atomic E-state index is 0.118. The van der Waals surface area contributed by atoms with E-state index in [1.54, 1.807) is 0 Å². The predicted octanol–water partition coefficient (Wildman–Crippen LogP) is 4.59. The highest BCUT2D eigenvalue weighted by atomic mass is 16.3. The van der Waals surface area contributed by atoms with Gasteiger partial charge in [0, 0.05) is 5.56 Å². The number of aryl methyl sites for hydroxylation is 1. The van der Waals surface area contributed by atoms with Crippen molar-refractivity contribution in [1.82, 2.24) is 0 Å². The Labute approximate surface area is 128 Å². The van der Waals surface area contributed by atoms with Crippen LogP contribution < -0.4 is 5.43 Å². The fourth-order valence-electron chi connectivity index (χ4n) is 3.09. The van der Waals surface area contributed by atoms with Crippen molar-refractivity contribution >= 4 is 22.6 Å². The summed E-state index contributed by atoms with van der Waals surface area (Å²) in [6.45, 7) is 2.01. The second-order valence-electron chi connectivity index (χ2n) is 5.82. The highest BCUT2D eigenvalue weighted by Gasteiger charge is 2.23. The summed E-state index contributed by atoms with van der Waals surface area (Å²) in [5.74, 6) is 0.770. The maximum absolute atomic E-state index is 12.6. The van der Waals surface area contributed by atoms with Gasteiger partial charge in [-0.15, -0.1) is 0 Å². The zero-order valence-electron chi connectivity index (χ0n) is 12.4. The van der Waals surface area contributed by atoms with Crippen molar-refractivity contribution in [2.45, 2.75) is 19.8 Å².